The van der Waals surface area contributed by atoms with Gasteiger partial charge in [0.25, 0.3) is 0 Å². The molecule has 0 spiro atoms. The van der Waals surface area contributed by atoms with Gasteiger partial charge in [-0.1, -0.05) is 18.2 Å². The molecule has 2 heterocycles. The highest BCUT2D eigenvalue weighted by Crippen LogP contribution is 2.35. The minimum atomic E-state index is -0.462. The molecule has 9 heteroatoms. The van der Waals surface area contributed by atoms with E-state index < -0.39 is 11.6 Å². The number of amides is 1. The molecule has 0 aliphatic carbocycles. The van der Waals surface area contributed by atoms with Crippen LogP contribution in [0.2, 0.25) is 0 Å². The maximum absolute atomic E-state index is 14.0. The summed E-state index contributed by atoms with van der Waals surface area (Å²) in [5.41, 5.74) is 8.50. The smallest absolute Gasteiger partial charge is 0.231 e. The molecule has 7 nitrogen and oxygen atoms in total. The largest absolute Gasteiger partial charge is 0.390 e. The molecule has 0 bridgehead atoms. The van der Waals surface area contributed by atoms with E-state index in [1.54, 1.807) is 30.3 Å². The van der Waals surface area contributed by atoms with Gasteiger partial charge in [0.2, 0.25) is 5.91 Å². The van der Waals surface area contributed by atoms with E-state index in [1.165, 1.54) is 29.3 Å². The Labute approximate surface area is 200 Å². The third-order valence-electron chi connectivity index (χ3n) is 5.44. The number of carbonyl (C=O) groups is 1. The Morgan fingerprint density at radius 3 is 2.77 bits per heavy atom. The van der Waals surface area contributed by atoms with Gasteiger partial charge in [0.15, 0.2) is 5.82 Å². The molecule has 2 aromatic carbocycles. The van der Waals surface area contributed by atoms with Crippen molar-refractivity contribution in [2.45, 2.75) is 12.8 Å². The van der Waals surface area contributed by atoms with Crippen LogP contribution in [0, 0.1) is 23.0 Å². The van der Waals surface area contributed by atoms with E-state index in [1.807, 2.05) is 6.07 Å². The number of halogens is 2. The number of anilines is 1. The molecular formula is C26H20F2N6O. The summed E-state index contributed by atoms with van der Waals surface area (Å²) in [5, 5.41) is 9.82. The summed E-state index contributed by atoms with van der Waals surface area (Å²) < 4.78 is 27.1. The second kappa shape index (κ2) is 10.5. The second-order valence-electron chi connectivity index (χ2n) is 7.65. The molecule has 0 unspecified atom stereocenters. The van der Waals surface area contributed by atoms with Crippen molar-refractivity contribution in [2.24, 2.45) is 15.7 Å². The van der Waals surface area contributed by atoms with Gasteiger partial charge in [-0.2, -0.15) is 5.26 Å². The number of hydrogen-bond donors (Lipinski definition) is 1. The molecule has 0 saturated carbocycles. The lowest BCUT2D eigenvalue weighted by molar-refractivity contribution is -0.117. The van der Waals surface area contributed by atoms with Crippen LogP contribution in [0.5, 0.6) is 0 Å². The van der Waals surface area contributed by atoms with Gasteiger partial charge in [0.05, 0.1) is 35.9 Å². The molecule has 2 N–H and O–H groups in total. The van der Waals surface area contributed by atoms with Crippen LogP contribution in [0.3, 0.4) is 0 Å². The second-order valence-corrected chi connectivity index (χ2v) is 7.65. The van der Waals surface area contributed by atoms with Crippen molar-refractivity contribution in [1.29, 1.82) is 5.26 Å². The Kier molecular flexibility index (Phi) is 7.02. The molecule has 174 valence electrons. The van der Waals surface area contributed by atoms with Crippen LogP contribution in [0.4, 0.5) is 20.3 Å². The Bertz CT molecular complexity index is 1390. The maximum Gasteiger partial charge on any atom is 0.231 e. The molecule has 0 fully saturated rings. The number of hydrogen-bond acceptors (Lipinski definition) is 5. The van der Waals surface area contributed by atoms with Gasteiger partial charge in [-0.05, 0) is 54.0 Å². The van der Waals surface area contributed by atoms with Crippen LogP contribution in [-0.4, -0.2) is 30.0 Å². The quantitative estimate of drug-likeness (QED) is 0.432. The van der Waals surface area contributed by atoms with Crippen molar-refractivity contribution in [3.63, 3.8) is 0 Å². The van der Waals surface area contributed by atoms with Crippen LogP contribution in [-0.2, 0) is 17.6 Å². The van der Waals surface area contributed by atoms with Crippen LogP contribution >= 0.6 is 0 Å². The van der Waals surface area contributed by atoms with Gasteiger partial charge in [-0.25, -0.2) is 23.7 Å². The van der Waals surface area contributed by atoms with Crippen LogP contribution in [0.25, 0.3) is 5.70 Å². The molecule has 4 rings (SSSR count). The summed E-state index contributed by atoms with van der Waals surface area (Å²) in [7, 11) is 0. The van der Waals surface area contributed by atoms with Crippen molar-refractivity contribution in [3.8, 4) is 6.07 Å². The first-order chi connectivity index (χ1) is 17.0. The number of carbonyl (C=O) groups excluding carboxylic acids is 1. The SMILES string of the molecule is N#Cc1cc(C(=C/C=N\c2ccc(F)cn2)/N=C/N)cc2c1N(C(=O)Cc1ccccc1F)CC2. The van der Waals surface area contributed by atoms with Crippen LogP contribution in [0.15, 0.2) is 70.8 Å². The van der Waals surface area contributed by atoms with E-state index in [-0.39, 0.29) is 12.3 Å². The fraction of sp³-hybridized carbons (Fsp3) is 0.115. The number of benzene rings is 2. The van der Waals surface area contributed by atoms with Gasteiger partial charge in [0, 0.05) is 18.3 Å². The van der Waals surface area contributed by atoms with E-state index in [4.69, 9.17) is 5.73 Å². The van der Waals surface area contributed by atoms with Crippen molar-refractivity contribution in [3.05, 3.63) is 94.7 Å². The Morgan fingerprint density at radius 1 is 1.23 bits per heavy atom. The van der Waals surface area contributed by atoms with E-state index in [9.17, 15) is 18.8 Å². The summed E-state index contributed by atoms with van der Waals surface area (Å²) in [6, 6.07) is 14.4. The van der Waals surface area contributed by atoms with E-state index in [2.05, 4.69) is 21.0 Å². The Morgan fingerprint density at radius 2 is 2.06 bits per heavy atom. The average Bonchev–Trinajstić information content (AvgIpc) is 3.30. The van der Waals surface area contributed by atoms with Crippen LogP contribution in [0.1, 0.15) is 22.3 Å². The highest BCUT2D eigenvalue weighted by molar-refractivity contribution is 5.99. The summed E-state index contributed by atoms with van der Waals surface area (Å²) >= 11 is 0. The predicted octanol–water partition coefficient (Wildman–Crippen LogP) is 4.09. The van der Waals surface area contributed by atoms with Crippen molar-refractivity contribution in [1.82, 2.24) is 4.98 Å². The molecule has 1 aromatic heterocycles. The number of nitrogens with zero attached hydrogens (tertiary/aromatic N) is 5. The number of rotatable bonds is 6. The minimum absolute atomic E-state index is 0.102. The first kappa shape index (κ1) is 23.4. The highest BCUT2D eigenvalue weighted by Gasteiger charge is 2.29. The number of aromatic nitrogens is 1. The zero-order chi connectivity index (χ0) is 24.8. The number of pyridine rings is 1. The molecule has 0 atom stereocenters. The normalized spacial score (nSPS) is 13.4. The predicted molar refractivity (Wildman–Crippen MR) is 130 cm³/mol. The van der Waals surface area contributed by atoms with E-state index in [0.717, 1.165) is 18.1 Å². The van der Waals surface area contributed by atoms with Crippen molar-refractivity contribution in [2.75, 3.05) is 11.4 Å². The molecule has 1 aliphatic heterocycles. The highest BCUT2D eigenvalue weighted by atomic mass is 19.1. The zero-order valence-electron chi connectivity index (χ0n) is 18.5. The van der Waals surface area contributed by atoms with Gasteiger partial charge in [-0.15, -0.1) is 0 Å². The topological polar surface area (TPSA) is 108 Å². The first-order valence-corrected chi connectivity index (χ1v) is 10.7. The van der Waals surface area contributed by atoms with Crippen molar-refractivity contribution >= 4 is 35.7 Å². The Balaban J connectivity index is 1.63. The summed E-state index contributed by atoms with van der Waals surface area (Å²) in [6.45, 7) is 0.387. The Hall–Kier alpha value is -4.71. The molecule has 35 heavy (non-hydrogen) atoms. The standard InChI is InChI=1S/C26H20F2N6O/c27-21-5-6-24(32-15-21)31-9-7-23(33-16-30)19-11-18-8-10-34(26(18)20(12-19)14-29)25(35)13-17-3-1-2-4-22(17)28/h1-7,9,11-12,15-16H,8,10,13H2,(H2,30,33)/b23-7-,31-9-. The van der Waals surface area contributed by atoms with Gasteiger partial charge < -0.3 is 10.6 Å². The third kappa shape index (κ3) is 5.28. The lowest BCUT2D eigenvalue weighted by Crippen LogP contribution is -2.31. The number of aliphatic imine (C=N–C) groups is 2. The van der Waals surface area contributed by atoms with Gasteiger partial charge in [0.1, 0.15) is 17.7 Å². The van der Waals surface area contributed by atoms with Gasteiger partial charge in [-0.3, -0.25) is 4.79 Å². The first-order valence-electron chi connectivity index (χ1n) is 10.7. The lowest BCUT2D eigenvalue weighted by atomic mass is 10.0. The molecule has 3 aromatic rings. The fourth-order valence-electron chi connectivity index (χ4n) is 3.85. The average molecular weight is 470 g/mol. The summed E-state index contributed by atoms with van der Waals surface area (Å²) in [5.74, 6) is -0.873. The van der Waals surface area contributed by atoms with Gasteiger partial charge >= 0.3 is 0 Å². The minimum Gasteiger partial charge on any atom is -0.390 e. The monoisotopic (exact) mass is 470 g/mol. The zero-order valence-corrected chi connectivity index (χ0v) is 18.5. The molecular weight excluding hydrogens is 450 g/mol. The number of nitriles is 1. The third-order valence-corrected chi connectivity index (χ3v) is 5.44. The summed E-state index contributed by atoms with van der Waals surface area (Å²) in [4.78, 5) is 26.7. The lowest BCUT2D eigenvalue weighted by Gasteiger charge is -2.19. The molecule has 0 saturated heterocycles. The molecule has 1 aliphatic rings. The summed E-state index contributed by atoms with van der Waals surface area (Å²) in [6.07, 6.45) is 5.66. The maximum atomic E-state index is 14.0. The molecule has 0 radical (unpaired) electrons. The van der Waals surface area contributed by atoms with E-state index >= 15 is 0 Å². The van der Waals surface area contributed by atoms with Crippen molar-refractivity contribution < 1.29 is 13.6 Å². The number of allylic oxidation sites excluding steroid dienone is 1. The van der Waals surface area contributed by atoms with E-state index in [0.29, 0.717) is 46.9 Å². The fourth-order valence-corrected chi connectivity index (χ4v) is 3.85. The van der Waals surface area contributed by atoms with Crippen LogP contribution < -0.4 is 10.6 Å². The molecule has 1 amide bonds. The number of nitrogens with two attached hydrogens (primary N) is 1. The number of fused-ring (bicyclic) bond motifs is 1.